The summed E-state index contributed by atoms with van der Waals surface area (Å²) in [7, 11) is 0. The first-order chi connectivity index (χ1) is 8.63. The molecule has 0 bridgehead atoms. The molecule has 0 spiro atoms. The second kappa shape index (κ2) is 5.09. The predicted molar refractivity (Wildman–Crippen MR) is 67.8 cm³/mol. The number of carbonyl (C=O) groups excluding carboxylic acids is 1. The van der Waals surface area contributed by atoms with Crippen LogP contribution in [-0.4, -0.2) is 29.6 Å². The monoisotopic (exact) mass is 244 g/mol. The summed E-state index contributed by atoms with van der Waals surface area (Å²) >= 11 is 0. The smallest absolute Gasteiger partial charge is 0.410 e. The van der Waals surface area contributed by atoms with E-state index < -0.39 is 5.54 Å². The maximum atomic E-state index is 11.8. The van der Waals surface area contributed by atoms with E-state index in [0.29, 0.717) is 13.1 Å². The summed E-state index contributed by atoms with van der Waals surface area (Å²) < 4.78 is 5.23. The first-order valence-electron chi connectivity index (χ1n) is 5.97. The van der Waals surface area contributed by atoms with Crippen molar-refractivity contribution in [3.05, 3.63) is 47.3 Å². The van der Waals surface area contributed by atoms with Crippen molar-refractivity contribution in [2.75, 3.05) is 13.1 Å². The van der Waals surface area contributed by atoms with Crippen molar-refractivity contribution in [1.29, 1.82) is 0 Å². The van der Waals surface area contributed by atoms with Crippen molar-refractivity contribution in [3.63, 3.8) is 0 Å². The molecule has 1 atom stereocenters. The van der Waals surface area contributed by atoms with Crippen LogP contribution in [0.4, 0.5) is 4.79 Å². The van der Waals surface area contributed by atoms with Gasteiger partial charge in [0.05, 0.1) is 0 Å². The Morgan fingerprint density at radius 1 is 1.50 bits per heavy atom. The number of amides is 1. The second-order valence-corrected chi connectivity index (χ2v) is 4.82. The van der Waals surface area contributed by atoms with Crippen molar-refractivity contribution in [2.24, 2.45) is 0 Å². The Balaban J connectivity index is 1.85. The average Bonchev–Trinajstić information content (AvgIpc) is 2.81. The van der Waals surface area contributed by atoms with Crippen LogP contribution in [0.2, 0.25) is 0 Å². The number of rotatable bonds is 2. The molecule has 1 amide bonds. The Hall–Kier alpha value is -2.02. The highest BCUT2D eigenvalue weighted by atomic mass is 16.6. The largest absolute Gasteiger partial charge is 0.445 e. The fourth-order valence-electron chi connectivity index (χ4n) is 2.00. The highest BCUT2D eigenvalue weighted by molar-refractivity contribution is 5.68. The Labute approximate surface area is 107 Å². The van der Waals surface area contributed by atoms with Crippen LogP contribution in [0.15, 0.2) is 30.3 Å². The lowest BCUT2D eigenvalue weighted by atomic mass is 10.0. The Bertz CT molecular complexity index is 466. The number of carbonyl (C=O) groups is 1. The molecule has 94 valence electrons. The molecule has 1 saturated heterocycles. The molecule has 1 aliphatic heterocycles. The van der Waals surface area contributed by atoms with Gasteiger partial charge in [-0.3, -0.25) is 4.90 Å². The normalized spacial score (nSPS) is 22.6. The standard InChI is InChI=1S/C14H16N2O2/c1-14(15-2)8-9-16(11-14)13(17)18-10-12-6-4-3-5-7-12/h3-7H,8-11H2,1H3. The molecule has 4 heteroatoms. The molecule has 1 unspecified atom stereocenters. The highest BCUT2D eigenvalue weighted by Gasteiger charge is 2.41. The van der Waals surface area contributed by atoms with Gasteiger partial charge >= 0.3 is 6.09 Å². The predicted octanol–water partition coefficient (Wildman–Crippen LogP) is 2.71. The Morgan fingerprint density at radius 3 is 2.83 bits per heavy atom. The van der Waals surface area contributed by atoms with Gasteiger partial charge in [-0.1, -0.05) is 30.3 Å². The van der Waals surface area contributed by atoms with Gasteiger partial charge in [0.2, 0.25) is 5.54 Å². The van der Waals surface area contributed by atoms with Gasteiger partial charge in [0.1, 0.15) is 13.2 Å². The molecule has 0 radical (unpaired) electrons. The third-order valence-corrected chi connectivity index (χ3v) is 3.19. The SMILES string of the molecule is [C-]#[N+]C1(C)CCN(C(=O)OCc2ccccc2)C1. The van der Waals surface area contributed by atoms with Crippen LogP contribution in [0.1, 0.15) is 18.9 Å². The summed E-state index contributed by atoms with van der Waals surface area (Å²) in [5, 5.41) is 0. The quantitative estimate of drug-likeness (QED) is 0.749. The third kappa shape index (κ3) is 2.80. The molecule has 0 aromatic heterocycles. The molecular weight excluding hydrogens is 228 g/mol. The van der Waals surface area contributed by atoms with E-state index >= 15 is 0 Å². The highest BCUT2D eigenvalue weighted by Crippen LogP contribution is 2.25. The number of hydrogen-bond acceptors (Lipinski definition) is 2. The van der Waals surface area contributed by atoms with E-state index in [0.717, 1.165) is 12.0 Å². The average molecular weight is 244 g/mol. The number of benzene rings is 1. The van der Waals surface area contributed by atoms with Crippen LogP contribution in [-0.2, 0) is 11.3 Å². The van der Waals surface area contributed by atoms with Crippen molar-refractivity contribution < 1.29 is 9.53 Å². The van der Waals surface area contributed by atoms with Crippen LogP contribution in [0, 0.1) is 6.57 Å². The summed E-state index contributed by atoms with van der Waals surface area (Å²) in [5.41, 5.74) is 0.532. The van der Waals surface area contributed by atoms with Crippen LogP contribution in [0.25, 0.3) is 4.85 Å². The molecular formula is C14H16N2O2. The van der Waals surface area contributed by atoms with E-state index in [-0.39, 0.29) is 12.7 Å². The van der Waals surface area contributed by atoms with Crippen LogP contribution >= 0.6 is 0 Å². The van der Waals surface area contributed by atoms with Gasteiger partial charge in [0.15, 0.2) is 0 Å². The van der Waals surface area contributed by atoms with Gasteiger partial charge in [0, 0.05) is 19.9 Å². The number of hydrogen-bond donors (Lipinski definition) is 0. The molecule has 0 N–H and O–H groups in total. The lowest BCUT2D eigenvalue weighted by Crippen LogP contribution is -2.32. The van der Waals surface area contributed by atoms with E-state index in [1.54, 1.807) is 4.90 Å². The molecule has 0 aliphatic carbocycles. The maximum Gasteiger partial charge on any atom is 0.410 e. The topological polar surface area (TPSA) is 33.9 Å². The summed E-state index contributed by atoms with van der Waals surface area (Å²) in [6.45, 7) is 10.3. The molecule has 2 rings (SSSR count). The van der Waals surface area contributed by atoms with E-state index in [1.807, 2.05) is 37.3 Å². The molecule has 1 aromatic rings. The molecule has 1 fully saturated rings. The van der Waals surface area contributed by atoms with Crippen molar-refractivity contribution in [2.45, 2.75) is 25.5 Å². The third-order valence-electron chi connectivity index (χ3n) is 3.19. The van der Waals surface area contributed by atoms with Crippen molar-refractivity contribution >= 4 is 6.09 Å². The molecule has 1 aromatic carbocycles. The van der Waals surface area contributed by atoms with E-state index in [1.165, 1.54) is 0 Å². The number of ether oxygens (including phenoxy) is 1. The lowest BCUT2D eigenvalue weighted by molar-refractivity contribution is 0.103. The summed E-state index contributed by atoms with van der Waals surface area (Å²) in [5.74, 6) is 0. The zero-order chi connectivity index (χ0) is 13.0. The van der Waals surface area contributed by atoms with E-state index in [4.69, 9.17) is 11.3 Å². The molecule has 0 saturated carbocycles. The maximum absolute atomic E-state index is 11.8. The lowest BCUT2D eigenvalue weighted by Gasteiger charge is -2.15. The molecule has 1 aliphatic rings. The van der Waals surface area contributed by atoms with Crippen molar-refractivity contribution in [1.82, 2.24) is 4.90 Å². The van der Waals surface area contributed by atoms with Gasteiger partial charge in [-0.15, -0.1) is 0 Å². The summed E-state index contributed by atoms with van der Waals surface area (Å²) in [6, 6.07) is 9.58. The number of nitrogens with zero attached hydrogens (tertiary/aromatic N) is 2. The van der Waals surface area contributed by atoms with E-state index in [9.17, 15) is 4.79 Å². The summed E-state index contributed by atoms with van der Waals surface area (Å²) in [6.07, 6.45) is 0.392. The minimum Gasteiger partial charge on any atom is -0.445 e. The van der Waals surface area contributed by atoms with E-state index in [2.05, 4.69) is 4.85 Å². The minimum atomic E-state index is -0.439. The van der Waals surface area contributed by atoms with Crippen LogP contribution in [0.3, 0.4) is 0 Å². The molecule has 18 heavy (non-hydrogen) atoms. The van der Waals surface area contributed by atoms with Gasteiger partial charge in [-0.05, 0) is 5.56 Å². The number of likely N-dealkylation sites (tertiary alicyclic amines) is 1. The minimum absolute atomic E-state index is 0.283. The van der Waals surface area contributed by atoms with Crippen LogP contribution < -0.4 is 0 Å². The fourth-order valence-corrected chi connectivity index (χ4v) is 2.00. The zero-order valence-electron chi connectivity index (χ0n) is 10.4. The van der Waals surface area contributed by atoms with Gasteiger partial charge < -0.3 is 9.58 Å². The first kappa shape index (κ1) is 12.4. The molecule has 1 heterocycles. The fraction of sp³-hybridized carbons (Fsp3) is 0.429. The Kier molecular flexibility index (Phi) is 3.52. The van der Waals surface area contributed by atoms with Gasteiger partial charge in [0.25, 0.3) is 0 Å². The first-order valence-corrected chi connectivity index (χ1v) is 5.97. The molecule has 4 nitrogen and oxygen atoms in total. The second-order valence-electron chi connectivity index (χ2n) is 4.82. The zero-order valence-corrected chi connectivity index (χ0v) is 10.4. The van der Waals surface area contributed by atoms with Gasteiger partial charge in [-0.25, -0.2) is 11.4 Å². The summed E-state index contributed by atoms with van der Waals surface area (Å²) in [4.78, 5) is 17.0. The van der Waals surface area contributed by atoms with Gasteiger partial charge in [-0.2, -0.15) is 0 Å². The van der Waals surface area contributed by atoms with Crippen LogP contribution in [0.5, 0.6) is 0 Å². The Morgan fingerprint density at radius 2 is 2.22 bits per heavy atom. The van der Waals surface area contributed by atoms with Crippen molar-refractivity contribution in [3.8, 4) is 0 Å².